The van der Waals surface area contributed by atoms with Crippen LogP contribution in [0, 0.1) is 13.8 Å². The second kappa shape index (κ2) is 5.71. The Balaban J connectivity index is 2.88. The molecule has 0 N–H and O–H groups in total. The number of ether oxygens (including phenoxy) is 1. The van der Waals surface area contributed by atoms with E-state index in [2.05, 4.69) is 0 Å². The first-order valence-corrected chi connectivity index (χ1v) is 5.91. The SMILES string of the molecule is CC[C@@H](Oc1cccc(C)c1C)C(=O)N(C)C. The summed E-state index contributed by atoms with van der Waals surface area (Å²) in [4.78, 5) is 13.4. The maximum atomic E-state index is 11.9. The second-order valence-electron chi connectivity index (χ2n) is 4.45. The number of likely N-dealkylation sites (N-methyl/N-ethyl adjacent to an activating group) is 1. The Hall–Kier alpha value is -1.51. The molecular formula is C14H21NO2. The maximum Gasteiger partial charge on any atom is 0.263 e. The molecule has 0 aliphatic rings. The van der Waals surface area contributed by atoms with Crippen molar-refractivity contribution in [2.45, 2.75) is 33.3 Å². The molecular weight excluding hydrogens is 214 g/mol. The molecule has 1 amide bonds. The minimum atomic E-state index is -0.398. The molecule has 0 radical (unpaired) electrons. The Morgan fingerprint density at radius 2 is 2.00 bits per heavy atom. The molecule has 1 atom stereocenters. The monoisotopic (exact) mass is 235 g/mol. The smallest absolute Gasteiger partial charge is 0.263 e. The normalized spacial score (nSPS) is 12.1. The van der Waals surface area contributed by atoms with E-state index < -0.39 is 6.10 Å². The molecule has 0 unspecified atom stereocenters. The molecule has 3 nitrogen and oxygen atoms in total. The first-order chi connectivity index (χ1) is 7.97. The quantitative estimate of drug-likeness (QED) is 0.802. The lowest BCUT2D eigenvalue weighted by Gasteiger charge is -2.22. The maximum absolute atomic E-state index is 11.9. The van der Waals surface area contributed by atoms with Crippen molar-refractivity contribution in [3.63, 3.8) is 0 Å². The highest BCUT2D eigenvalue weighted by Crippen LogP contribution is 2.22. The fourth-order valence-electron chi connectivity index (χ4n) is 1.60. The number of nitrogens with zero attached hydrogens (tertiary/aromatic N) is 1. The Bertz CT molecular complexity index is 399. The van der Waals surface area contributed by atoms with Crippen molar-refractivity contribution in [1.29, 1.82) is 0 Å². The highest BCUT2D eigenvalue weighted by molar-refractivity contribution is 5.80. The summed E-state index contributed by atoms with van der Waals surface area (Å²) in [5.41, 5.74) is 2.27. The first-order valence-electron chi connectivity index (χ1n) is 5.91. The van der Waals surface area contributed by atoms with Gasteiger partial charge in [0.05, 0.1) is 0 Å². The van der Waals surface area contributed by atoms with Gasteiger partial charge in [-0.2, -0.15) is 0 Å². The standard InChI is InChI=1S/C14H21NO2/c1-6-12(14(16)15(4)5)17-13-9-7-8-10(2)11(13)3/h7-9,12H,6H2,1-5H3/t12-/m1/s1. The third-order valence-corrected chi connectivity index (χ3v) is 2.91. The third kappa shape index (κ3) is 3.22. The molecule has 0 aliphatic carbocycles. The second-order valence-corrected chi connectivity index (χ2v) is 4.45. The molecule has 0 bridgehead atoms. The van der Waals surface area contributed by atoms with Crippen LogP contribution in [0.4, 0.5) is 0 Å². The summed E-state index contributed by atoms with van der Waals surface area (Å²) < 4.78 is 5.81. The van der Waals surface area contributed by atoms with E-state index in [0.29, 0.717) is 6.42 Å². The van der Waals surface area contributed by atoms with Crippen LogP contribution in [0.2, 0.25) is 0 Å². The predicted octanol–water partition coefficient (Wildman–Crippen LogP) is 2.55. The van der Waals surface area contributed by atoms with Crippen LogP contribution in [0.25, 0.3) is 0 Å². The zero-order valence-electron chi connectivity index (χ0n) is 11.3. The largest absolute Gasteiger partial charge is 0.480 e. The highest BCUT2D eigenvalue weighted by atomic mass is 16.5. The van der Waals surface area contributed by atoms with Crippen molar-refractivity contribution in [2.24, 2.45) is 0 Å². The molecule has 0 spiro atoms. The number of hydrogen-bond acceptors (Lipinski definition) is 2. The van der Waals surface area contributed by atoms with Crippen LogP contribution in [0.3, 0.4) is 0 Å². The fraction of sp³-hybridized carbons (Fsp3) is 0.500. The van der Waals surface area contributed by atoms with Crippen molar-refractivity contribution in [3.05, 3.63) is 29.3 Å². The molecule has 0 aromatic heterocycles. The van der Waals surface area contributed by atoms with Crippen LogP contribution in [0.1, 0.15) is 24.5 Å². The van der Waals surface area contributed by atoms with E-state index in [1.165, 1.54) is 5.56 Å². The Morgan fingerprint density at radius 1 is 1.35 bits per heavy atom. The van der Waals surface area contributed by atoms with Crippen molar-refractivity contribution in [2.75, 3.05) is 14.1 Å². The third-order valence-electron chi connectivity index (χ3n) is 2.91. The van der Waals surface area contributed by atoms with Gasteiger partial charge >= 0.3 is 0 Å². The van der Waals surface area contributed by atoms with Crippen molar-refractivity contribution >= 4 is 5.91 Å². The van der Waals surface area contributed by atoms with E-state index in [4.69, 9.17) is 4.74 Å². The minimum absolute atomic E-state index is 0.00778. The van der Waals surface area contributed by atoms with Crippen LogP contribution in [-0.2, 0) is 4.79 Å². The molecule has 0 saturated carbocycles. The number of aryl methyl sites for hydroxylation is 1. The van der Waals surface area contributed by atoms with Crippen LogP contribution in [-0.4, -0.2) is 31.0 Å². The number of amides is 1. The molecule has 0 fully saturated rings. The van der Waals surface area contributed by atoms with Gasteiger partial charge in [-0.05, 0) is 37.5 Å². The molecule has 1 rings (SSSR count). The zero-order chi connectivity index (χ0) is 13.0. The number of benzene rings is 1. The van der Waals surface area contributed by atoms with Gasteiger partial charge in [0, 0.05) is 14.1 Å². The number of hydrogen-bond donors (Lipinski definition) is 0. The summed E-state index contributed by atoms with van der Waals surface area (Å²) in [6.45, 7) is 6.01. The van der Waals surface area contributed by atoms with E-state index >= 15 is 0 Å². The van der Waals surface area contributed by atoms with Gasteiger partial charge in [0.2, 0.25) is 0 Å². The highest BCUT2D eigenvalue weighted by Gasteiger charge is 2.20. The molecule has 17 heavy (non-hydrogen) atoms. The van der Waals surface area contributed by atoms with Crippen molar-refractivity contribution < 1.29 is 9.53 Å². The van der Waals surface area contributed by atoms with Gasteiger partial charge in [0.25, 0.3) is 5.91 Å². The van der Waals surface area contributed by atoms with E-state index in [0.717, 1.165) is 11.3 Å². The molecule has 94 valence electrons. The molecule has 0 aliphatic heterocycles. The molecule has 1 aromatic carbocycles. The Labute approximate surface area is 103 Å². The summed E-state index contributed by atoms with van der Waals surface area (Å²) in [5, 5.41) is 0. The zero-order valence-corrected chi connectivity index (χ0v) is 11.3. The van der Waals surface area contributed by atoms with Crippen LogP contribution >= 0.6 is 0 Å². The topological polar surface area (TPSA) is 29.5 Å². The van der Waals surface area contributed by atoms with E-state index in [1.807, 2.05) is 39.0 Å². The van der Waals surface area contributed by atoms with Crippen LogP contribution < -0.4 is 4.74 Å². The van der Waals surface area contributed by atoms with Crippen molar-refractivity contribution in [3.8, 4) is 5.75 Å². The Kier molecular flexibility index (Phi) is 4.55. The summed E-state index contributed by atoms with van der Waals surface area (Å²) >= 11 is 0. The minimum Gasteiger partial charge on any atom is -0.480 e. The van der Waals surface area contributed by atoms with Gasteiger partial charge in [-0.15, -0.1) is 0 Å². The fourth-order valence-corrected chi connectivity index (χ4v) is 1.60. The lowest BCUT2D eigenvalue weighted by molar-refractivity contribution is -0.136. The van der Waals surface area contributed by atoms with Gasteiger partial charge in [-0.1, -0.05) is 19.1 Å². The van der Waals surface area contributed by atoms with Crippen LogP contribution in [0.15, 0.2) is 18.2 Å². The van der Waals surface area contributed by atoms with Gasteiger partial charge in [-0.3, -0.25) is 4.79 Å². The number of carbonyl (C=O) groups excluding carboxylic acids is 1. The average molecular weight is 235 g/mol. The van der Waals surface area contributed by atoms with Gasteiger partial charge in [0.15, 0.2) is 6.10 Å². The molecule has 0 saturated heterocycles. The molecule has 3 heteroatoms. The summed E-state index contributed by atoms with van der Waals surface area (Å²) in [6.07, 6.45) is 0.273. The average Bonchev–Trinajstić information content (AvgIpc) is 2.30. The van der Waals surface area contributed by atoms with Gasteiger partial charge in [-0.25, -0.2) is 0 Å². The van der Waals surface area contributed by atoms with Gasteiger partial charge < -0.3 is 9.64 Å². The van der Waals surface area contributed by atoms with Gasteiger partial charge in [0.1, 0.15) is 5.75 Å². The lowest BCUT2D eigenvalue weighted by atomic mass is 10.1. The summed E-state index contributed by atoms with van der Waals surface area (Å²) in [7, 11) is 3.49. The first kappa shape index (κ1) is 13.6. The Morgan fingerprint density at radius 3 is 2.53 bits per heavy atom. The predicted molar refractivity (Wildman–Crippen MR) is 69.3 cm³/mol. The summed E-state index contributed by atoms with van der Waals surface area (Å²) in [5.74, 6) is 0.806. The van der Waals surface area contributed by atoms with E-state index in [9.17, 15) is 4.79 Å². The lowest BCUT2D eigenvalue weighted by Crippen LogP contribution is -2.37. The van der Waals surface area contributed by atoms with E-state index in [1.54, 1.807) is 19.0 Å². The molecule has 1 aromatic rings. The molecule has 0 heterocycles. The number of rotatable bonds is 4. The van der Waals surface area contributed by atoms with E-state index in [-0.39, 0.29) is 5.91 Å². The number of carbonyl (C=O) groups is 1. The van der Waals surface area contributed by atoms with Crippen molar-refractivity contribution in [1.82, 2.24) is 4.90 Å². The van der Waals surface area contributed by atoms with Crippen LogP contribution in [0.5, 0.6) is 5.75 Å². The summed E-state index contributed by atoms with van der Waals surface area (Å²) in [6, 6.07) is 5.90.